The maximum absolute atomic E-state index is 12.1. The molecule has 96 valence electrons. The molecule has 0 bridgehead atoms. The lowest BCUT2D eigenvalue weighted by Crippen LogP contribution is -2.44. The highest BCUT2D eigenvalue weighted by molar-refractivity contribution is 5.97. The Morgan fingerprint density at radius 3 is 2.94 bits per heavy atom. The average Bonchev–Trinajstić information content (AvgIpc) is 3.00. The van der Waals surface area contributed by atoms with E-state index in [1.165, 1.54) is 19.3 Å². The van der Waals surface area contributed by atoms with Gasteiger partial charge in [-0.2, -0.15) is 0 Å². The van der Waals surface area contributed by atoms with Crippen LogP contribution in [0.4, 0.5) is 0 Å². The number of amides is 1. The number of carbonyl (C=O) groups is 1. The largest absolute Gasteiger partial charge is 0.348 e. The van der Waals surface area contributed by atoms with Crippen molar-refractivity contribution < 1.29 is 4.79 Å². The lowest BCUT2D eigenvalue weighted by Gasteiger charge is -2.38. The Labute approximate surface area is 107 Å². The van der Waals surface area contributed by atoms with Gasteiger partial charge < -0.3 is 5.32 Å². The van der Waals surface area contributed by atoms with Crippen molar-refractivity contribution in [3.05, 3.63) is 11.8 Å². The second-order valence-corrected chi connectivity index (χ2v) is 5.71. The van der Waals surface area contributed by atoms with Crippen molar-refractivity contribution >= 4 is 18.8 Å². The predicted molar refractivity (Wildman–Crippen MR) is 71.9 cm³/mol. The normalized spacial score (nSPS) is 40.9. The van der Waals surface area contributed by atoms with Gasteiger partial charge in [-0.25, -0.2) is 0 Å². The van der Waals surface area contributed by atoms with E-state index in [1.54, 1.807) is 19.3 Å². The first-order chi connectivity index (χ1) is 8.71. The van der Waals surface area contributed by atoms with Crippen LogP contribution in [0, 0.1) is 17.3 Å². The van der Waals surface area contributed by atoms with Gasteiger partial charge in [0.05, 0.1) is 0 Å². The number of nitrogens with one attached hydrogen (secondary N) is 1. The third kappa shape index (κ3) is 1.55. The van der Waals surface area contributed by atoms with Crippen LogP contribution in [0.3, 0.4) is 0 Å². The maximum Gasteiger partial charge on any atom is 0.270 e. The van der Waals surface area contributed by atoms with Crippen LogP contribution >= 0.6 is 0 Å². The molecular formula is C14H19N3O. The molecule has 1 N–H and O–H groups in total. The van der Waals surface area contributed by atoms with Crippen LogP contribution in [0.5, 0.6) is 0 Å². The summed E-state index contributed by atoms with van der Waals surface area (Å²) in [5, 5.41) is 3.12. The second-order valence-electron chi connectivity index (χ2n) is 5.71. The molecule has 4 atom stereocenters. The molecule has 1 amide bonds. The van der Waals surface area contributed by atoms with Gasteiger partial charge >= 0.3 is 0 Å². The van der Waals surface area contributed by atoms with E-state index in [9.17, 15) is 4.79 Å². The zero-order valence-corrected chi connectivity index (χ0v) is 10.7. The lowest BCUT2D eigenvalue weighted by atomic mass is 9.69. The first-order valence-corrected chi connectivity index (χ1v) is 6.61. The molecule has 4 unspecified atom stereocenters. The Morgan fingerprint density at radius 1 is 1.56 bits per heavy atom. The Morgan fingerprint density at radius 2 is 2.39 bits per heavy atom. The van der Waals surface area contributed by atoms with Gasteiger partial charge in [-0.15, -0.1) is 0 Å². The fourth-order valence-electron chi connectivity index (χ4n) is 3.98. The number of hydrogen-bond acceptors (Lipinski definition) is 3. The molecule has 0 aromatic carbocycles. The number of allylic oxidation sites excluding steroid dienone is 1. The summed E-state index contributed by atoms with van der Waals surface area (Å²) in [6.45, 7) is 3.44. The zero-order chi connectivity index (χ0) is 12.8. The van der Waals surface area contributed by atoms with E-state index in [0.29, 0.717) is 17.2 Å². The van der Waals surface area contributed by atoms with Crippen LogP contribution in [0.15, 0.2) is 21.8 Å². The number of rotatable bonds is 4. The van der Waals surface area contributed by atoms with Crippen LogP contribution < -0.4 is 5.32 Å². The van der Waals surface area contributed by atoms with E-state index < -0.39 is 0 Å². The fraction of sp³-hybridized carbons (Fsp3) is 0.643. The van der Waals surface area contributed by atoms with Crippen molar-refractivity contribution in [2.45, 2.75) is 31.7 Å². The van der Waals surface area contributed by atoms with E-state index >= 15 is 0 Å². The molecule has 0 radical (unpaired) electrons. The minimum absolute atomic E-state index is 0.113. The van der Waals surface area contributed by atoms with Crippen LogP contribution in [0.1, 0.15) is 25.7 Å². The van der Waals surface area contributed by atoms with Gasteiger partial charge in [0.2, 0.25) is 0 Å². The van der Waals surface area contributed by atoms with Gasteiger partial charge in [0.25, 0.3) is 5.91 Å². The Hall–Kier alpha value is -1.45. The third-order valence-corrected chi connectivity index (χ3v) is 5.06. The van der Waals surface area contributed by atoms with E-state index in [0.717, 1.165) is 18.3 Å². The summed E-state index contributed by atoms with van der Waals surface area (Å²) < 4.78 is 0. The third-order valence-electron chi connectivity index (χ3n) is 5.06. The first-order valence-electron chi connectivity index (χ1n) is 6.61. The van der Waals surface area contributed by atoms with Crippen molar-refractivity contribution in [2.75, 3.05) is 7.05 Å². The van der Waals surface area contributed by atoms with Gasteiger partial charge in [0.15, 0.2) is 0 Å². The number of hydrogen-bond donors (Lipinski definition) is 1. The summed E-state index contributed by atoms with van der Waals surface area (Å²) in [5.74, 6) is 1.48. The molecule has 0 aromatic heterocycles. The summed E-state index contributed by atoms with van der Waals surface area (Å²) in [7, 11) is 1.66. The molecule has 0 saturated heterocycles. The topological polar surface area (TPSA) is 53.8 Å². The summed E-state index contributed by atoms with van der Waals surface area (Å²) in [6, 6.07) is 0.355. The van der Waals surface area contributed by atoms with Crippen LogP contribution in [-0.2, 0) is 4.79 Å². The average molecular weight is 245 g/mol. The highest BCUT2D eigenvalue weighted by Gasteiger charge is 2.70. The second kappa shape index (κ2) is 4.04. The fourth-order valence-corrected chi connectivity index (χ4v) is 3.98. The van der Waals surface area contributed by atoms with Gasteiger partial charge in [0, 0.05) is 19.3 Å². The molecule has 3 aliphatic carbocycles. The maximum atomic E-state index is 12.1. The minimum atomic E-state index is -0.113. The summed E-state index contributed by atoms with van der Waals surface area (Å²) in [4.78, 5) is 19.6. The Bertz CT molecular complexity index is 450. The molecule has 3 fully saturated rings. The van der Waals surface area contributed by atoms with Crippen molar-refractivity contribution in [2.24, 2.45) is 27.2 Å². The Kier molecular flexibility index (Phi) is 2.61. The summed E-state index contributed by atoms with van der Waals surface area (Å²) in [6.07, 6.45) is 8.38. The van der Waals surface area contributed by atoms with Crippen molar-refractivity contribution in [3.8, 4) is 0 Å². The molecule has 1 spiro atoms. The molecule has 0 aliphatic heterocycles. The van der Waals surface area contributed by atoms with Gasteiger partial charge in [0.1, 0.15) is 5.70 Å². The molecule has 4 heteroatoms. The van der Waals surface area contributed by atoms with Crippen LogP contribution in [0.2, 0.25) is 0 Å². The molecule has 3 saturated carbocycles. The van der Waals surface area contributed by atoms with Gasteiger partial charge in [-0.05, 0) is 55.7 Å². The molecule has 3 aliphatic rings. The van der Waals surface area contributed by atoms with Crippen LogP contribution in [-0.4, -0.2) is 31.9 Å². The van der Waals surface area contributed by atoms with Crippen LogP contribution in [0.25, 0.3) is 0 Å². The monoisotopic (exact) mass is 245 g/mol. The molecule has 0 heterocycles. The molecular weight excluding hydrogens is 226 g/mol. The number of aliphatic imine (C=N–C) groups is 2. The van der Waals surface area contributed by atoms with Gasteiger partial charge in [-0.3, -0.25) is 14.8 Å². The predicted octanol–water partition coefficient (Wildman–Crippen LogP) is 1.58. The van der Waals surface area contributed by atoms with E-state index in [2.05, 4.69) is 22.0 Å². The Balaban J connectivity index is 1.63. The molecule has 3 rings (SSSR count). The zero-order valence-electron chi connectivity index (χ0n) is 10.7. The van der Waals surface area contributed by atoms with Crippen molar-refractivity contribution in [3.63, 3.8) is 0 Å². The molecule has 4 nitrogen and oxygen atoms in total. The van der Waals surface area contributed by atoms with E-state index in [-0.39, 0.29) is 5.91 Å². The lowest BCUT2D eigenvalue weighted by molar-refractivity contribution is -0.118. The number of carbonyl (C=O) groups excluding carboxylic acids is 1. The van der Waals surface area contributed by atoms with Gasteiger partial charge in [-0.1, -0.05) is 0 Å². The smallest absolute Gasteiger partial charge is 0.270 e. The van der Waals surface area contributed by atoms with E-state index in [1.807, 2.05) is 0 Å². The van der Waals surface area contributed by atoms with E-state index in [4.69, 9.17) is 0 Å². The standard InChI is InChI=1S/C14H19N3O/c1-15-6-4-11(16-2)13(18)17-12-7-9-8-14(9)5-3-10(12)14/h4,6,9-10,12H,2-3,5,7-8H2,1H3,(H,17,18)/b11-4-,15-6?. The number of nitrogens with zero attached hydrogens (tertiary/aromatic N) is 2. The highest BCUT2D eigenvalue weighted by Crippen LogP contribution is 2.75. The van der Waals surface area contributed by atoms with Crippen molar-refractivity contribution in [1.29, 1.82) is 0 Å². The quantitative estimate of drug-likeness (QED) is 0.593. The molecule has 18 heavy (non-hydrogen) atoms. The SMILES string of the molecule is C=N/C(=C\C=NC)C(=O)NC1CC2CC23CCC13. The highest BCUT2D eigenvalue weighted by atomic mass is 16.2. The van der Waals surface area contributed by atoms with Crippen molar-refractivity contribution in [1.82, 2.24) is 5.32 Å². The molecule has 0 aromatic rings. The minimum Gasteiger partial charge on any atom is -0.348 e. The first kappa shape index (κ1) is 11.6. The summed E-state index contributed by atoms with van der Waals surface area (Å²) in [5.41, 5.74) is 0.989. The summed E-state index contributed by atoms with van der Waals surface area (Å²) >= 11 is 0.